The number of amides is 6. The van der Waals surface area contributed by atoms with Crippen molar-refractivity contribution >= 4 is 58.5 Å². The van der Waals surface area contributed by atoms with Crippen LogP contribution in [-0.2, 0) is 25.7 Å². The number of likely N-dealkylation sites (N-methyl/N-ethyl adjacent to an activating group) is 1. The summed E-state index contributed by atoms with van der Waals surface area (Å²) in [5, 5.41) is 15.3. The van der Waals surface area contributed by atoms with Gasteiger partial charge in [0.15, 0.2) is 5.82 Å². The summed E-state index contributed by atoms with van der Waals surface area (Å²) in [4.78, 5) is 78.1. The molecule has 3 aromatic rings. The summed E-state index contributed by atoms with van der Waals surface area (Å²) in [6.07, 6.45) is 11.6. The monoisotopic (exact) mass is 844 g/mol. The number of rotatable bonds is 13. The first-order valence-corrected chi connectivity index (χ1v) is 22.1. The van der Waals surface area contributed by atoms with E-state index in [0.29, 0.717) is 68.3 Å². The predicted octanol–water partition coefficient (Wildman–Crippen LogP) is 4.97. The third-order valence-electron chi connectivity index (χ3n) is 12.7. The molecule has 4 heterocycles. The first-order valence-electron chi connectivity index (χ1n) is 22.1. The van der Waals surface area contributed by atoms with Crippen LogP contribution >= 0.6 is 0 Å². The first-order chi connectivity index (χ1) is 30.2. The van der Waals surface area contributed by atoms with Gasteiger partial charge in [-0.05, 0) is 93.3 Å². The lowest BCUT2D eigenvalue weighted by Crippen LogP contribution is -2.55. The van der Waals surface area contributed by atoms with Crippen molar-refractivity contribution in [3.05, 3.63) is 65.4 Å². The molecule has 2 aromatic carbocycles. The molecule has 2 atom stereocenters. The van der Waals surface area contributed by atoms with Gasteiger partial charge in [0, 0.05) is 73.6 Å². The van der Waals surface area contributed by atoms with Gasteiger partial charge in [-0.15, -0.1) is 0 Å². The van der Waals surface area contributed by atoms with E-state index in [9.17, 15) is 24.0 Å². The van der Waals surface area contributed by atoms with Gasteiger partial charge in [0.2, 0.25) is 23.7 Å². The van der Waals surface area contributed by atoms with Crippen LogP contribution in [0.4, 0.5) is 33.6 Å². The lowest BCUT2D eigenvalue weighted by Gasteiger charge is -2.43. The number of piperidine rings is 1. The number of anilines is 5. The number of carbonyl (C=O) groups excluding carboxylic acids is 5. The Morgan fingerprint density at radius 1 is 0.935 bits per heavy atom. The molecule has 0 radical (unpaired) electrons. The molecule has 1 saturated heterocycles. The summed E-state index contributed by atoms with van der Waals surface area (Å²) in [5.74, 6) is 6.74. The van der Waals surface area contributed by atoms with E-state index in [1.54, 1.807) is 30.3 Å². The Morgan fingerprint density at radius 2 is 1.69 bits per heavy atom. The van der Waals surface area contributed by atoms with Crippen LogP contribution in [0.3, 0.4) is 0 Å². The van der Waals surface area contributed by atoms with Crippen LogP contribution in [0.15, 0.2) is 48.7 Å². The molecule has 2 aliphatic carbocycles. The van der Waals surface area contributed by atoms with Crippen LogP contribution in [-0.4, -0.2) is 102 Å². The summed E-state index contributed by atoms with van der Waals surface area (Å²) < 4.78 is 5.82. The summed E-state index contributed by atoms with van der Waals surface area (Å²) in [6.45, 7) is 4.12. The van der Waals surface area contributed by atoms with Crippen molar-refractivity contribution in [1.82, 2.24) is 30.8 Å². The molecule has 1 unspecified atom stereocenters. The number of benzene rings is 2. The van der Waals surface area contributed by atoms with Gasteiger partial charge < -0.3 is 40.7 Å². The highest BCUT2D eigenvalue weighted by molar-refractivity contribution is 6.06. The van der Waals surface area contributed by atoms with Crippen molar-refractivity contribution in [1.29, 1.82) is 0 Å². The molecule has 0 bridgehead atoms. The molecule has 3 fully saturated rings. The van der Waals surface area contributed by atoms with Crippen molar-refractivity contribution in [2.75, 3.05) is 47.2 Å². The minimum absolute atomic E-state index is 0.0852. The molecule has 2 saturated carbocycles. The molecule has 326 valence electrons. The lowest BCUT2D eigenvalue weighted by molar-refractivity contribution is -0.137. The number of aromatic nitrogens is 2. The fourth-order valence-corrected chi connectivity index (χ4v) is 9.42. The average molecular weight is 845 g/mol. The van der Waals surface area contributed by atoms with Crippen molar-refractivity contribution < 1.29 is 28.7 Å². The standard InChI is InChI=1S/C46H56N10O6/c1-3-37-44(60)54(2)39-27-48-45(53-41(39)56(37)34-11-4-5-12-34)49-31-18-20-33(21-19-31)51-46(61)50-32-16-14-30(15-17-32)47-24-26-62-25-7-6-9-29-10-8-13-35-36(29)28-55(43(35)59)38-22-23-40(57)52-42(38)58/h8,10,13,18-21,27,30,32,34,37-38,47H,3-5,7,11-12,14-17,22-26,28H2,1-2H3,(H,48,49,53)(H2,50,51,61)(H,52,57,58)/t30?,32?,37-,38?/m1/s1. The Morgan fingerprint density at radius 3 is 2.45 bits per heavy atom. The van der Waals surface area contributed by atoms with E-state index >= 15 is 0 Å². The average Bonchev–Trinajstić information content (AvgIpc) is 3.93. The molecule has 8 rings (SSSR count). The van der Waals surface area contributed by atoms with E-state index in [4.69, 9.17) is 9.72 Å². The second-order valence-corrected chi connectivity index (χ2v) is 16.8. The number of fused-ring (bicyclic) bond motifs is 2. The van der Waals surface area contributed by atoms with Gasteiger partial charge in [-0.3, -0.25) is 24.5 Å². The minimum Gasteiger partial charge on any atom is -0.379 e. The van der Waals surface area contributed by atoms with Gasteiger partial charge in [-0.1, -0.05) is 37.7 Å². The molecular formula is C46H56N10O6. The van der Waals surface area contributed by atoms with Gasteiger partial charge in [0.05, 0.1) is 19.4 Å². The Hall–Kier alpha value is -6.05. The maximum Gasteiger partial charge on any atom is 0.319 e. The molecule has 5 aliphatic rings. The van der Waals surface area contributed by atoms with E-state index in [-0.39, 0.29) is 42.3 Å². The summed E-state index contributed by atoms with van der Waals surface area (Å²) in [6, 6.07) is 12.5. The second kappa shape index (κ2) is 19.3. The smallest absolute Gasteiger partial charge is 0.319 e. The van der Waals surface area contributed by atoms with Crippen LogP contribution < -0.4 is 36.4 Å². The summed E-state index contributed by atoms with van der Waals surface area (Å²) >= 11 is 0. The van der Waals surface area contributed by atoms with Crippen LogP contribution in [0.2, 0.25) is 0 Å². The number of nitrogens with zero attached hydrogens (tertiary/aromatic N) is 5. The topological polar surface area (TPSA) is 190 Å². The molecule has 16 heteroatoms. The van der Waals surface area contributed by atoms with Crippen LogP contribution in [0.1, 0.15) is 105 Å². The number of urea groups is 1. The Bertz CT molecular complexity index is 2230. The predicted molar refractivity (Wildman–Crippen MR) is 235 cm³/mol. The van der Waals surface area contributed by atoms with Crippen molar-refractivity contribution in [2.24, 2.45) is 0 Å². The number of imide groups is 1. The van der Waals surface area contributed by atoms with E-state index in [0.717, 1.165) is 86.2 Å². The van der Waals surface area contributed by atoms with E-state index in [1.807, 2.05) is 30.3 Å². The fourth-order valence-electron chi connectivity index (χ4n) is 9.42. The normalized spacial score (nSPS) is 22.5. The third kappa shape index (κ3) is 9.54. The van der Waals surface area contributed by atoms with Gasteiger partial charge in [-0.25, -0.2) is 9.78 Å². The maximum absolute atomic E-state index is 13.2. The lowest BCUT2D eigenvalue weighted by atomic mass is 9.91. The first kappa shape index (κ1) is 42.6. The van der Waals surface area contributed by atoms with Crippen molar-refractivity contribution in [2.45, 2.75) is 121 Å². The molecule has 0 spiro atoms. The summed E-state index contributed by atoms with van der Waals surface area (Å²) in [7, 11) is 1.80. The minimum atomic E-state index is -0.653. The Balaban J connectivity index is 0.718. The van der Waals surface area contributed by atoms with E-state index in [1.165, 1.54) is 4.90 Å². The number of hydrogen-bond donors (Lipinski definition) is 5. The van der Waals surface area contributed by atoms with Gasteiger partial charge in [0.1, 0.15) is 17.8 Å². The van der Waals surface area contributed by atoms with Crippen molar-refractivity contribution in [3.63, 3.8) is 0 Å². The molecule has 1 aromatic heterocycles. The highest BCUT2D eigenvalue weighted by atomic mass is 16.5. The molecule has 6 amide bonds. The fraction of sp³-hybridized carbons (Fsp3) is 0.500. The van der Waals surface area contributed by atoms with Crippen LogP contribution in [0, 0.1) is 11.8 Å². The quantitative estimate of drug-likeness (QED) is 0.0888. The highest BCUT2D eigenvalue weighted by Crippen LogP contribution is 2.40. The molecule has 3 aliphatic heterocycles. The van der Waals surface area contributed by atoms with Crippen LogP contribution in [0.5, 0.6) is 0 Å². The zero-order valence-electron chi connectivity index (χ0n) is 35.5. The van der Waals surface area contributed by atoms with E-state index in [2.05, 4.69) is 55.2 Å². The molecule has 5 N–H and O–H groups in total. The van der Waals surface area contributed by atoms with Crippen LogP contribution in [0.25, 0.3) is 0 Å². The van der Waals surface area contributed by atoms with Gasteiger partial charge in [-0.2, -0.15) is 4.98 Å². The largest absolute Gasteiger partial charge is 0.379 e. The maximum atomic E-state index is 13.2. The highest BCUT2D eigenvalue weighted by Gasteiger charge is 2.42. The number of ether oxygens (including phenoxy) is 1. The van der Waals surface area contributed by atoms with Gasteiger partial charge >= 0.3 is 6.03 Å². The van der Waals surface area contributed by atoms with Gasteiger partial charge in [0.25, 0.3) is 5.91 Å². The van der Waals surface area contributed by atoms with Crippen molar-refractivity contribution in [3.8, 4) is 11.8 Å². The zero-order valence-corrected chi connectivity index (χ0v) is 35.5. The third-order valence-corrected chi connectivity index (χ3v) is 12.7. The SMILES string of the molecule is CC[C@@H]1C(=O)N(C)c2cnc(Nc3ccc(NC(=O)NC4CCC(NCCOCCC#Cc5cccc6c5CN(C5CCC(=O)NC5=O)C6=O)CC4)cc3)nc2N1C1CCCC1. The Kier molecular flexibility index (Phi) is 13.3. The number of hydrogen-bond acceptors (Lipinski definition) is 11. The molecule has 16 nitrogen and oxygen atoms in total. The second-order valence-electron chi connectivity index (χ2n) is 16.8. The molecule has 62 heavy (non-hydrogen) atoms. The number of nitrogens with one attached hydrogen (secondary N) is 5. The Labute approximate surface area is 362 Å². The summed E-state index contributed by atoms with van der Waals surface area (Å²) in [5.41, 5.74) is 4.32. The van der Waals surface area contributed by atoms with E-state index < -0.39 is 11.9 Å². The molecular weight excluding hydrogens is 789 g/mol. The zero-order chi connectivity index (χ0) is 43.2. The number of carbonyl (C=O) groups is 5.